The molecule has 0 aliphatic heterocycles. The molecule has 4 aromatic heterocycles. The van der Waals surface area contributed by atoms with Gasteiger partial charge in [0, 0.05) is 54.5 Å². The Morgan fingerprint density at radius 2 is 1.05 bits per heavy atom. The average Bonchev–Trinajstić information content (AvgIpc) is 3.83. The van der Waals surface area contributed by atoms with Gasteiger partial charge in [0.15, 0.2) is 5.82 Å². The number of rotatable bonds is 3. The number of fused-ring (bicyclic) bond motifs is 9. The molecule has 0 atom stereocenters. The lowest BCUT2D eigenvalue weighted by atomic mass is 9.81. The molecule has 8 aromatic carbocycles. The Kier molecular flexibility index (Phi) is 5.94. The van der Waals surface area contributed by atoms with Crippen LogP contribution >= 0.6 is 0 Å². The molecule has 0 N–H and O–H groups in total. The van der Waals surface area contributed by atoms with E-state index in [4.69, 9.17) is 9.97 Å². The van der Waals surface area contributed by atoms with Crippen molar-refractivity contribution >= 4 is 70.8 Å². The summed E-state index contributed by atoms with van der Waals surface area (Å²) in [5.41, 5.74) is 16.3. The van der Waals surface area contributed by atoms with E-state index in [-0.39, 0.29) is 5.41 Å². The van der Waals surface area contributed by atoms with Gasteiger partial charge in [-0.25, -0.2) is 9.97 Å². The van der Waals surface area contributed by atoms with Crippen molar-refractivity contribution in [2.45, 2.75) is 19.3 Å². The van der Waals surface area contributed by atoms with Crippen molar-refractivity contribution in [1.29, 1.82) is 0 Å². The average molecular weight is 727 g/mol. The molecule has 4 nitrogen and oxygen atoms in total. The van der Waals surface area contributed by atoms with Crippen LogP contribution < -0.4 is 0 Å². The summed E-state index contributed by atoms with van der Waals surface area (Å²) in [6.07, 6.45) is 0. The molecule has 0 bridgehead atoms. The summed E-state index contributed by atoms with van der Waals surface area (Å²) >= 11 is 0. The van der Waals surface area contributed by atoms with Gasteiger partial charge in [-0.2, -0.15) is 0 Å². The zero-order valence-electron chi connectivity index (χ0n) is 31.5. The first kappa shape index (κ1) is 31.0. The van der Waals surface area contributed by atoms with Crippen LogP contribution in [0.4, 0.5) is 0 Å². The Morgan fingerprint density at radius 1 is 0.439 bits per heavy atom. The molecule has 0 saturated heterocycles. The largest absolute Gasteiger partial charge is 0.309 e. The van der Waals surface area contributed by atoms with Gasteiger partial charge in [-0.1, -0.05) is 135 Å². The Labute approximate surface area is 328 Å². The van der Waals surface area contributed by atoms with Gasteiger partial charge in [-0.3, -0.25) is 0 Å². The van der Waals surface area contributed by atoms with E-state index in [9.17, 15) is 0 Å². The predicted octanol–water partition coefficient (Wildman–Crippen LogP) is 13.5. The van der Waals surface area contributed by atoms with Gasteiger partial charge in [0.2, 0.25) is 0 Å². The fourth-order valence-electron chi connectivity index (χ4n) is 10.3. The maximum atomic E-state index is 5.22. The molecule has 57 heavy (non-hydrogen) atoms. The number of para-hydroxylation sites is 3. The highest BCUT2D eigenvalue weighted by Crippen LogP contribution is 2.51. The fourth-order valence-corrected chi connectivity index (χ4v) is 10.3. The van der Waals surface area contributed by atoms with Crippen LogP contribution in [-0.2, 0) is 5.41 Å². The van der Waals surface area contributed by atoms with E-state index in [0.717, 1.165) is 33.5 Å². The molecule has 0 amide bonds. The minimum Gasteiger partial charge on any atom is -0.309 e. The minimum atomic E-state index is -0.245. The maximum absolute atomic E-state index is 5.22. The van der Waals surface area contributed by atoms with Crippen LogP contribution in [0.2, 0.25) is 0 Å². The molecule has 266 valence electrons. The van der Waals surface area contributed by atoms with E-state index in [1.165, 1.54) is 87.8 Å². The lowest BCUT2D eigenvalue weighted by Crippen LogP contribution is -2.15. The molecule has 13 rings (SSSR count). The van der Waals surface area contributed by atoms with Crippen molar-refractivity contribution < 1.29 is 0 Å². The fraction of sp³-hybridized carbons (Fsp3) is 0.0566. The van der Waals surface area contributed by atoms with Crippen molar-refractivity contribution in [1.82, 2.24) is 18.9 Å². The lowest BCUT2D eigenvalue weighted by Gasteiger charge is -2.23. The first-order valence-electron chi connectivity index (χ1n) is 19.8. The Hall–Kier alpha value is -7.30. The smallest absolute Gasteiger partial charge is 0.160 e. The zero-order valence-corrected chi connectivity index (χ0v) is 31.5. The summed E-state index contributed by atoms with van der Waals surface area (Å²) in [5, 5.41) is 8.79. The van der Waals surface area contributed by atoms with E-state index < -0.39 is 0 Å². The first-order valence-corrected chi connectivity index (χ1v) is 19.8. The summed E-state index contributed by atoms with van der Waals surface area (Å²) in [4.78, 5) is 10.3. The second-order valence-corrected chi connectivity index (χ2v) is 16.2. The molecule has 0 unspecified atom stereocenters. The van der Waals surface area contributed by atoms with E-state index in [2.05, 4.69) is 187 Å². The van der Waals surface area contributed by atoms with Crippen LogP contribution in [-0.4, -0.2) is 18.9 Å². The van der Waals surface area contributed by atoms with E-state index in [0.29, 0.717) is 0 Å². The van der Waals surface area contributed by atoms with Gasteiger partial charge < -0.3 is 8.97 Å². The van der Waals surface area contributed by atoms with Crippen molar-refractivity contribution in [3.63, 3.8) is 0 Å². The van der Waals surface area contributed by atoms with Crippen molar-refractivity contribution in [3.8, 4) is 39.5 Å². The highest BCUT2D eigenvalue weighted by atomic mass is 15.0. The van der Waals surface area contributed by atoms with Gasteiger partial charge in [0.05, 0.1) is 38.8 Å². The van der Waals surface area contributed by atoms with Crippen LogP contribution in [0.5, 0.6) is 0 Å². The highest BCUT2D eigenvalue weighted by molar-refractivity contribution is 6.31. The minimum absolute atomic E-state index is 0.245. The third-order valence-electron chi connectivity index (χ3n) is 12.8. The third kappa shape index (κ3) is 4.01. The second-order valence-electron chi connectivity index (χ2n) is 16.2. The molecule has 4 heteroatoms. The summed E-state index contributed by atoms with van der Waals surface area (Å²) in [5.74, 6) is 0.746. The molecular formula is C53H34N4. The number of hydrogen-bond acceptors (Lipinski definition) is 2. The van der Waals surface area contributed by atoms with Gasteiger partial charge in [-0.15, -0.1) is 0 Å². The molecule has 0 saturated carbocycles. The monoisotopic (exact) mass is 726 g/mol. The second kappa shape index (κ2) is 10.9. The molecule has 0 spiro atoms. The van der Waals surface area contributed by atoms with Crippen LogP contribution in [0.25, 0.3) is 110 Å². The van der Waals surface area contributed by atoms with Gasteiger partial charge >= 0.3 is 0 Å². The zero-order chi connectivity index (χ0) is 37.6. The predicted molar refractivity (Wildman–Crippen MR) is 237 cm³/mol. The first-order chi connectivity index (χ1) is 28.0. The van der Waals surface area contributed by atoms with Gasteiger partial charge in [-0.05, 0) is 76.2 Å². The lowest BCUT2D eigenvalue weighted by molar-refractivity contribution is 0.660. The van der Waals surface area contributed by atoms with E-state index in [1.54, 1.807) is 0 Å². The summed E-state index contributed by atoms with van der Waals surface area (Å²) in [6.45, 7) is 4.73. The van der Waals surface area contributed by atoms with Crippen molar-refractivity contribution in [2.24, 2.45) is 0 Å². The highest BCUT2D eigenvalue weighted by Gasteiger charge is 2.36. The quantitative estimate of drug-likeness (QED) is 0.182. The summed E-state index contributed by atoms with van der Waals surface area (Å²) in [6, 6.07) is 62.0. The molecule has 0 fully saturated rings. The molecular weight excluding hydrogens is 693 g/mol. The van der Waals surface area contributed by atoms with Crippen molar-refractivity contribution in [2.75, 3.05) is 0 Å². The van der Waals surface area contributed by atoms with Gasteiger partial charge in [0.25, 0.3) is 0 Å². The van der Waals surface area contributed by atoms with E-state index >= 15 is 0 Å². The molecule has 4 heterocycles. The topological polar surface area (TPSA) is 35.1 Å². The normalized spacial score (nSPS) is 13.6. The molecule has 12 aromatic rings. The number of aromatic nitrogens is 4. The summed E-state index contributed by atoms with van der Waals surface area (Å²) in [7, 11) is 0. The number of nitrogens with zero attached hydrogens (tertiary/aromatic N) is 4. The van der Waals surface area contributed by atoms with Gasteiger partial charge in [0.1, 0.15) is 0 Å². The molecule has 1 aliphatic rings. The molecule has 0 radical (unpaired) electrons. The Bertz CT molecular complexity index is 3660. The number of hydrogen-bond donors (Lipinski definition) is 0. The van der Waals surface area contributed by atoms with Crippen LogP contribution in [0.3, 0.4) is 0 Å². The Morgan fingerprint density at radius 3 is 1.91 bits per heavy atom. The third-order valence-corrected chi connectivity index (χ3v) is 12.8. The standard InChI is InChI=1S/C53H34N4/c1-53(2)41-29-32(52-54-43-20-8-6-16-40(43)50(55-52)31-13-4-3-5-14-31)25-27-34(41)35-28-26-33(30-42(35)53)56-45-22-11-17-37-39-19-10-18-38-36-15-7-9-21-44(36)57(51(38)39)47-24-12-23-46(56)49(47)48(37)45/h3-30H,1-2H3. The SMILES string of the molecule is CC1(C)c2cc(-c3nc(-c4ccccc4)c4ccccc4n3)ccc2-c2ccc(-n3c4cccc5c6cccc7c8ccccc8n(c8cccc3c8c54)c67)cc21. The summed E-state index contributed by atoms with van der Waals surface area (Å²) < 4.78 is 5.00. The van der Waals surface area contributed by atoms with E-state index in [1.807, 2.05) is 6.07 Å². The number of benzene rings is 8. The van der Waals surface area contributed by atoms with Crippen LogP contribution in [0.1, 0.15) is 25.0 Å². The maximum Gasteiger partial charge on any atom is 0.160 e. The van der Waals surface area contributed by atoms with Crippen molar-refractivity contribution in [3.05, 3.63) is 181 Å². The van der Waals surface area contributed by atoms with Crippen LogP contribution in [0, 0.1) is 0 Å². The molecule has 1 aliphatic carbocycles. The Balaban J connectivity index is 1.01. The van der Waals surface area contributed by atoms with Crippen LogP contribution in [0.15, 0.2) is 170 Å².